The molecule has 0 aromatic rings. The van der Waals surface area contributed by atoms with Crippen LogP contribution in [0.1, 0.15) is 38.5 Å². The molecule has 1 rings (SSSR count). The van der Waals surface area contributed by atoms with Gasteiger partial charge in [0, 0.05) is 6.04 Å². The topological polar surface area (TPSA) is 38.0 Å². The molecule has 1 fully saturated rings. The quantitative estimate of drug-likeness (QED) is 0.304. The Balaban J connectivity index is 2.16. The predicted molar refractivity (Wildman–Crippen MR) is 69.8 cm³/mol. The Morgan fingerprint density at radius 2 is 2.20 bits per heavy atom. The van der Waals surface area contributed by atoms with Crippen LogP contribution in [0.3, 0.4) is 0 Å². The van der Waals surface area contributed by atoms with Crippen molar-refractivity contribution in [3.63, 3.8) is 0 Å². The van der Waals surface area contributed by atoms with Crippen molar-refractivity contribution in [1.29, 1.82) is 0 Å². The average Bonchev–Trinajstić information content (AvgIpc) is 2.29. The average molecular weight is 228 g/mol. The number of unbranched alkanes of at least 4 members (excludes halogenated alkanes) is 1. The normalized spacial score (nSPS) is 20.1. The summed E-state index contributed by atoms with van der Waals surface area (Å²) in [6, 6.07) is 0.512. The summed E-state index contributed by atoms with van der Waals surface area (Å²) < 4.78 is 0. The molecule has 0 aromatic carbocycles. The Kier molecular flexibility index (Phi) is 7.14. The van der Waals surface area contributed by atoms with Gasteiger partial charge in [-0.2, -0.15) is 11.8 Å². The number of hydrogen-bond acceptors (Lipinski definition) is 3. The number of hydrogen-bond donors (Lipinski definition) is 2. The van der Waals surface area contributed by atoms with Crippen molar-refractivity contribution in [2.24, 2.45) is 11.8 Å². The van der Waals surface area contributed by atoms with Crippen LogP contribution in [-0.2, 0) is 0 Å². The van der Waals surface area contributed by atoms with Crippen LogP contribution in [0, 0.1) is 5.92 Å². The molecule has 0 aromatic heterocycles. The molecule has 1 atom stereocenters. The van der Waals surface area contributed by atoms with Gasteiger partial charge in [-0.25, -0.2) is 0 Å². The van der Waals surface area contributed by atoms with Gasteiger partial charge in [-0.05, 0) is 55.9 Å². The lowest BCUT2D eigenvalue weighted by Gasteiger charge is -2.25. The summed E-state index contributed by atoms with van der Waals surface area (Å²) in [6.45, 7) is 3.74. The van der Waals surface area contributed by atoms with E-state index in [9.17, 15) is 0 Å². The lowest BCUT2D eigenvalue weighted by atomic mass is 9.92. The minimum absolute atomic E-state index is 0.512. The van der Waals surface area contributed by atoms with E-state index >= 15 is 0 Å². The van der Waals surface area contributed by atoms with Crippen molar-refractivity contribution in [3.8, 4) is 0 Å². The van der Waals surface area contributed by atoms with Crippen molar-refractivity contribution in [3.05, 3.63) is 12.7 Å². The molecule has 2 nitrogen and oxygen atoms in total. The van der Waals surface area contributed by atoms with E-state index in [-0.39, 0.29) is 0 Å². The molecule has 0 radical (unpaired) electrons. The molecular weight excluding hydrogens is 204 g/mol. The van der Waals surface area contributed by atoms with Crippen LogP contribution >= 0.6 is 11.8 Å². The van der Waals surface area contributed by atoms with E-state index in [0.29, 0.717) is 6.04 Å². The van der Waals surface area contributed by atoms with Gasteiger partial charge in [-0.1, -0.05) is 6.08 Å². The Morgan fingerprint density at radius 3 is 2.80 bits per heavy atom. The zero-order valence-electron chi connectivity index (χ0n) is 9.58. The first-order valence-corrected chi connectivity index (χ1v) is 7.17. The maximum Gasteiger partial charge on any atom is 0.0213 e. The second kappa shape index (κ2) is 8.20. The highest BCUT2D eigenvalue weighted by Crippen LogP contribution is 2.27. The number of nitrogens with one attached hydrogen (secondary N) is 1. The molecular formula is C12H24N2S. The van der Waals surface area contributed by atoms with Crippen molar-refractivity contribution in [2.75, 3.05) is 11.5 Å². The van der Waals surface area contributed by atoms with Crippen LogP contribution in [0.15, 0.2) is 12.7 Å². The molecule has 0 spiro atoms. The molecule has 0 bridgehead atoms. The highest BCUT2D eigenvalue weighted by atomic mass is 32.2. The summed E-state index contributed by atoms with van der Waals surface area (Å²) >= 11 is 2.09. The van der Waals surface area contributed by atoms with Crippen molar-refractivity contribution in [2.45, 2.75) is 44.6 Å². The Morgan fingerprint density at radius 1 is 1.47 bits per heavy atom. The second-order valence-corrected chi connectivity index (χ2v) is 5.60. The smallest absolute Gasteiger partial charge is 0.0213 e. The van der Waals surface area contributed by atoms with Gasteiger partial charge in [0.2, 0.25) is 0 Å². The van der Waals surface area contributed by atoms with Crippen molar-refractivity contribution < 1.29 is 0 Å². The van der Waals surface area contributed by atoms with Crippen LogP contribution < -0.4 is 11.3 Å². The zero-order valence-corrected chi connectivity index (χ0v) is 10.4. The molecule has 0 aliphatic carbocycles. The Bertz CT molecular complexity index is 167. The van der Waals surface area contributed by atoms with Gasteiger partial charge < -0.3 is 0 Å². The van der Waals surface area contributed by atoms with E-state index in [4.69, 9.17) is 5.84 Å². The van der Waals surface area contributed by atoms with E-state index in [1.165, 1.54) is 43.6 Å². The van der Waals surface area contributed by atoms with Gasteiger partial charge in [0.25, 0.3) is 0 Å². The summed E-state index contributed by atoms with van der Waals surface area (Å²) in [5.41, 5.74) is 2.97. The molecule has 3 heteroatoms. The highest BCUT2D eigenvalue weighted by Gasteiger charge is 2.17. The molecule has 15 heavy (non-hydrogen) atoms. The first-order valence-electron chi connectivity index (χ1n) is 6.01. The predicted octanol–water partition coefficient (Wildman–Crippen LogP) is 2.71. The van der Waals surface area contributed by atoms with E-state index in [2.05, 4.69) is 23.8 Å². The van der Waals surface area contributed by atoms with Gasteiger partial charge in [0.15, 0.2) is 0 Å². The van der Waals surface area contributed by atoms with Crippen LogP contribution in [-0.4, -0.2) is 17.5 Å². The zero-order chi connectivity index (χ0) is 10.9. The highest BCUT2D eigenvalue weighted by molar-refractivity contribution is 7.99. The largest absolute Gasteiger partial charge is 0.271 e. The monoisotopic (exact) mass is 228 g/mol. The van der Waals surface area contributed by atoms with Gasteiger partial charge >= 0.3 is 0 Å². The molecule has 1 aliphatic heterocycles. The lowest BCUT2D eigenvalue weighted by Crippen LogP contribution is -2.37. The molecule has 3 N–H and O–H groups in total. The lowest BCUT2D eigenvalue weighted by molar-refractivity contribution is 0.350. The molecule has 1 saturated heterocycles. The van der Waals surface area contributed by atoms with Crippen LogP contribution in [0.25, 0.3) is 0 Å². The standard InChI is InChI=1S/C12H24N2S/c1-2-3-4-5-12(14-13)10-11-6-8-15-9-7-11/h2,11-12,14H,1,3-10,13H2. The molecule has 0 saturated carbocycles. The molecule has 1 unspecified atom stereocenters. The molecule has 1 aliphatic rings. The van der Waals surface area contributed by atoms with E-state index in [1.54, 1.807) is 0 Å². The van der Waals surface area contributed by atoms with Gasteiger partial charge in [0.05, 0.1) is 0 Å². The van der Waals surface area contributed by atoms with Crippen molar-refractivity contribution >= 4 is 11.8 Å². The van der Waals surface area contributed by atoms with Gasteiger partial charge in [0.1, 0.15) is 0 Å². The first kappa shape index (κ1) is 13.1. The van der Waals surface area contributed by atoms with Crippen LogP contribution in [0.5, 0.6) is 0 Å². The molecule has 1 heterocycles. The van der Waals surface area contributed by atoms with Gasteiger partial charge in [-0.15, -0.1) is 6.58 Å². The first-order chi connectivity index (χ1) is 7.36. The van der Waals surface area contributed by atoms with Gasteiger partial charge in [-0.3, -0.25) is 11.3 Å². The molecule has 0 amide bonds. The summed E-state index contributed by atoms with van der Waals surface area (Å²) in [7, 11) is 0. The van der Waals surface area contributed by atoms with E-state index < -0.39 is 0 Å². The third-order valence-corrected chi connectivity index (χ3v) is 4.20. The number of allylic oxidation sites excluding steroid dienone is 1. The second-order valence-electron chi connectivity index (χ2n) is 4.37. The number of thioether (sulfide) groups is 1. The fourth-order valence-electron chi connectivity index (χ4n) is 2.16. The maximum atomic E-state index is 5.59. The summed E-state index contributed by atoms with van der Waals surface area (Å²) in [5.74, 6) is 9.17. The number of hydrazine groups is 1. The maximum absolute atomic E-state index is 5.59. The summed E-state index contributed by atoms with van der Waals surface area (Å²) in [6.07, 6.45) is 9.51. The summed E-state index contributed by atoms with van der Waals surface area (Å²) in [4.78, 5) is 0. The number of rotatable bonds is 7. The van der Waals surface area contributed by atoms with Crippen LogP contribution in [0.4, 0.5) is 0 Å². The SMILES string of the molecule is C=CCCCC(CC1CCSCC1)NN. The van der Waals surface area contributed by atoms with E-state index in [1.807, 2.05) is 6.08 Å². The molecule has 88 valence electrons. The minimum atomic E-state index is 0.512. The Hall–Kier alpha value is 0.01000. The van der Waals surface area contributed by atoms with Crippen LogP contribution in [0.2, 0.25) is 0 Å². The number of nitrogens with two attached hydrogens (primary N) is 1. The summed E-state index contributed by atoms with van der Waals surface area (Å²) in [5, 5.41) is 0. The van der Waals surface area contributed by atoms with Crippen molar-refractivity contribution in [1.82, 2.24) is 5.43 Å². The fourth-order valence-corrected chi connectivity index (χ4v) is 3.37. The third-order valence-electron chi connectivity index (χ3n) is 3.16. The fraction of sp³-hybridized carbons (Fsp3) is 0.833. The van der Waals surface area contributed by atoms with E-state index in [0.717, 1.165) is 12.3 Å². The third kappa shape index (κ3) is 5.59. The Labute approximate surface area is 98.0 Å². The minimum Gasteiger partial charge on any atom is -0.271 e.